The highest BCUT2D eigenvalue weighted by Gasteiger charge is 2.55. The quantitative estimate of drug-likeness (QED) is 0.147. The van der Waals surface area contributed by atoms with Gasteiger partial charge in [0.1, 0.15) is 23.2 Å². The number of β-lactam (4-membered cyclic amide) rings is 1. The number of fused-ring (bicyclic) bond motifs is 1. The van der Waals surface area contributed by atoms with Crippen LogP contribution in [0.25, 0.3) is 0 Å². The highest BCUT2D eigenvalue weighted by atomic mass is 32.2. The fraction of sp³-hybridized carbons (Fsp3) is 0.318. The first-order valence-corrected chi connectivity index (χ1v) is 12.6. The number of aliphatic carboxylic acids is 2. The van der Waals surface area contributed by atoms with E-state index in [1.54, 1.807) is 34.5 Å². The number of carbonyl (C=O) groups excluding carboxylic acids is 3. The number of oxime groups is 1. The summed E-state index contributed by atoms with van der Waals surface area (Å²) in [6.07, 6.45) is 3.54. The van der Waals surface area contributed by atoms with Gasteiger partial charge in [0.2, 0.25) is 11.5 Å². The number of carboxylic acids is 2. The van der Waals surface area contributed by atoms with Gasteiger partial charge in [0, 0.05) is 23.1 Å². The third-order valence-electron chi connectivity index (χ3n) is 5.58. The molecule has 0 unspecified atom stereocenters. The van der Waals surface area contributed by atoms with Gasteiger partial charge in [0.25, 0.3) is 5.91 Å². The molecule has 37 heavy (non-hydrogen) atoms. The van der Waals surface area contributed by atoms with Gasteiger partial charge in [0.15, 0.2) is 29.8 Å². The van der Waals surface area contributed by atoms with Gasteiger partial charge < -0.3 is 35.8 Å². The summed E-state index contributed by atoms with van der Waals surface area (Å²) in [5, 5.41) is 30.0. The Balaban J connectivity index is 1.54. The van der Waals surface area contributed by atoms with E-state index in [0.717, 1.165) is 16.2 Å². The van der Waals surface area contributed by atoms with Crippen molar-refractivity contribution in [3.05, 3.63) is 52.6 Å². The fourth-order valence-electron chi connectivity index (χ4n) is 3.59. The predicted octanol–water partition coefficient (Wildman–Crippen LogP) is -1.30. The molecule has 4 rings (SSSR count). The van der Waals surface area contributed by atoms with E-state index in [2.05, 4.69) is 15.5 Å². The van der Waals surface area contributed by atoms with Crippen LogP contribution in [0.1, 0.15) is 19.5 Å². The van der Waals surface area contributed by atoms with Gasteiger partial charge in [-0.2, -0.15) is 0 Å². The van der Waals surface area contributed by atoms with Gasteiger partial charge in [-0.1, -0.05) is 11.2 Å². The lowest BCUT2D eigenvalue weighted by atomic mass is 9.97. The molecule has 15 heteroatoms. The zero-order chi connectivity index (χ0) is 26.9. The van der Waals surface area contributed by atoms with Gasteiger partial charge in [-0.05, 0) is 19.3 Å². The van der Waals surface area contributed by atoms with Crippen molar-refractivity contribution in [3.8, 4) is 0 Å². The second-order valence-corrected chi connectivity index (χ2v) is 10.5. The van der Waals surface area contributed by atoms with E-state index in [1.165, 1.54) is 31.0 Å². The number of pyridine rings is 1. The van der Waals surface area contributed by atoms with E-state index in [0.29, 0.717) is 5.57 Å². The molecule has 4 heterocycles. The topological polar surface area (TPSA) is 191 Å². The van der Waals surface area contributed by atoms with E-state index < -0.39 is 46.8 Å². The maximum absolute atomic E-state index is 13.1. The van der Waals surface area contributed by atoms with Crippen LogP contribution < -0.4 is 20.7 Å². The number of nitrogens with one attached hydrogen (secondary N) is 1. The number of hydrogen-bond acceptors (Lipinski definition) is 11. The van der Waals surface area contributed by atoms with Crippen LogP contribution in [-0.2, 0) is 30.6 Å². The minimum Gasteiger partial charge on any atom is -0.548 e. The first-order valence-electron chi connectivity index (χ1n) is 10.8. The Labute approximate surface area is 218 Å². The molecule has 0 radical (unpaired) electrons. The molecule has 3 atom stereocenters. The number of thioether (sulfide) groups is 1. The number of nitrogens with two attached hydrogens (primary N) is 1. The molecule has 2 aliphatic rings. The molecule has 2 aromatic rings. The van der Waals surface area contributed by atoms with E-state index >= 15 is 0 Å². The molecule has 194 valence electrons. The summed E-state index contributed by atoms with van der Waals surface area (Å²) in [6, 6.07) is 3.04. The second kappa shape index (κ2) is 10.2. The Bertz CT molecular complexity index is 1310. The molecule has 1 saturated heterocycles. The predicted molar refractivity (Wildman–Crippen MR) is 130 cm³/mol. The average molecular weight is 547 g/mol. The first-order chi connectivity index (χ1) is 17.5. The number of amides is 2. The first kappa shape index (κ1) is 26.1. The van der Waals surface area contributed by atoms with E-state index in [4.69, 9.17) is 10.6 Å². The molecule has 0 spiro atoms. The van der Waals surface area contributed by atoms with Gasteiger partial charge in [-0.25, -0.2) is 14.3 Å². The SMILES string of the molecule is CC(C)(O/N=C(\C(=O)N[C@@H]1C(=O)N2[C@@H](C(=O)[O-])C(C[n+]3ccccc3)=CS[C@H]12)c1csc(N)n1)C(=O)O. The smallest absolute Gasteiger partial charge is 0.350 e. The van der Waals surface area contributed by atoms with Crippen molar-refractivity contribution in [2.45, 2.75) is 43.5 Å². The number of carbonyl (C=O) groups is 4. The number of hydrogen-bond donors (Lipinski definition) is 3. The molecule has 2 aliphatic heterocycles. The molecule has 13 nitrogen and oxygen atoms in total. The lowest BCUT2D eigenvalue weighted by Gasteiger charge is -2.52. The van der Waals surface area contributed by atoms with Crippen LogP contribution in [0.5, 0.6) is 0 Å². The number of nitrogen functional groups attached to an aromatic ring is 1. The number of nitrogens with zero attached hydrogens (tertiary/aromatic N) is 4. The Morgan fingerprint density at radius 1 is 1.32 bits per heavy atom. The molecule has 2 aromatic heterocycles. The third-order valence-corrected chi connectivity index (χ3v) is 7.47. The van der Waals surface area contributed by atoms with Crippen molar-refractivity contribution in [1.82, 2.24) is 15.2 Å². The molecule has 0 saturated carbocycles. The van der Waals surface area contributed by atoms with E-state index in [9.17, 15) is 29.4 Å². The van der Waals surface area contributed by atoms with Crippen molar-refractivity contribution in [2.75, 3.05) is 5.73 Å². The van der Waals surface area contributed by atoms with Crippen molar-refractivity contribution < 1.29 is 38.8 Å². The average Bonchev–Trinajstić information content (AvgIpc) is 3.28. The summed E-state index contributed by atoms with van der Waals surface area (Å²) < 4.78 is 1.77. The summed E-state index contributed by atoms with van der Waals surface area (Å²) in [7, 11) is 0. The van der Waals surface area contributed by atoms with Crippen molar-refractivity contribution >= 4 is 57.7 Å². The number of rotatable bonds is 9. The Kier molecular flexibility index (Phi) is 7.18. The standard InChI is InChI=1S/C22H22N6O7S2/c1-22(2,20(33)34)35-26-13(12-10-37-21(23)24-12)16(29)25-14-17(30)28-15(19(31)32)11(9-36-18(14)28)8-27-6-4-3-5-7-27/h3-7,9-10,14-15,18H,8H2,1-2H3,(H4-,23,24,25,29,31,32,33,34)/b26-13-/t14-,15-,18-/m1/s1. The largest absolute Gasteiger partial charge is 0.548 e. The monoisotopic (exact) mass is 546 g/mol. The zero-order valence-corrected chi connectivity index (χ0v) is 21.2. The maximum Gasteiger partial charge on any atom is 0.350 e. The summed E-state index contributed by atoms with van der Waals surface area (Å²) >= 11 is 2.21. The maximum atomic E-state index is 13.1. The summed E-state index contributed by atoms with van der Waals surface area (Å²) in [6.45, 7) is 2.72. The van der Waals surface area contributed by atoms with E-state index in [1.807, 2.05) is 6.07 Å². The van der Waals surface area contributed by atoms with Gasteiger partial charge in [0.05, 0.1) is 5.97 Å². The third kappa shape index (κ3) is 5.27. The van der Waals surface area contributed by atoms with Crippen LogP contribution in [0.2, 0.25) is 0 Å². The van der Waals surface area contributed by atoms with Crippen molar-refractivity contribution in [3.63, 3.8) is 0 Å². The molecule has 0 aliphatic carbocycles. The van der Waals surface area contributed by atoms with Crippen LogP contribution in [0.4, 0.5) is 5.13 Å². The molecular weight excluding hydrogens is 524 g/mol. The van der Waals surface area contributed by atoms with Crippen LogP contribution in [0.15, 0.2) is 52.1 Å². The summed E-state index contributed by atoms with van der Waals surface area (Å²) in [4.78, 5) is 59.7. The molecular formula is C22H22N6O7S2. The Morgan fingerprint density at radius 2 is 2.03 bits per heavy atom. The molecule has 4 N–H and O–H groups in total. The highest BCUT2D eigenvalue weighted by molar-refractivity contribution is 8.02. The van der Waals surface area contributed by atoms with E-state index in [-0.39, 0.29) is 23.1 Å². The minimum absolute atomic E-state index is 0.0239. The summed E-state index contributed by atoms with van der Waals surface area (Å²) in [5.74, 6) is -4.24. The van der Waals surface area contributed by atoms with Crippen molar-refractivity contribution in [2.24, 2.45) is 5.16 Å². The van der Waals surface area contributed by atoms with Crippen LogP contribution in [0, 0.1) is 0 Å². The molecule has 1 fully saturated rings. The number of aromatic nitrogens is 2. The summed E-state index contributed by atoms with van der Waals surface area (Å²) in [5.41, 5.74) is 4.00. The fourth-order valence-corrected chi connectivity index (χ4v) is 5.35. The number of thiazole rings is 1. The molecule has 0 aromatic carbocycles. The van der Waals surface area contributed by atoms with Crippen LogP contribution in [0.3, 0.4) is 0 Å². The second-order valence-electron chi connectivity index (χ2n) is 8.60. The molecule has 2 amide bonds. The number of carboxylic acid groups (broad SMARTS) is 2. The van der Waals surface area contributed by atoms with Gasteiger partial charge >= 0.3 is 5.97 Å². The van der Waals surface area contributed by atoms with Crippen LogP contribution in [-0.4, -0.2) is 67.5 Å². The normalized spacial score (nSPS) is 21.4. The lowest BCUT2D eigenvalue weighted by Crippen LogP contribution is -2.75. The minimum atomic E-state index is -1.75. The van der Waals surface area contributed by atoms with Crippen LogP contribution >= 0.6 is 23.1 Å². The zero-order valence-electron chi connectivity index (χ0n) is 19.6. The Hall–Kier alpha value is -3.98. The van der Waals surface area contributed by atoms with Gasteiger partial charge in [-0.15, -0.1) is 23.1 Å². The van der Waals surface area contributed by atoms with Crippen molar-refractivity contribution in [1.29, 1.82) is 0 Å². The lowest BCUT2D eigenvalue weighted by molar-refractivity contribution is -0.689. The number of anilines is 1. The molecule has 0 bridgehead atoms. The highest BCUT2D eigenvalue weighted by Crippen LogP contribution is 2.40. The Morgan fingerprint density at radius 3 is 2.62 bits per heavy atom. The van der Waals surface area contributed by atoms with Gasteiger partial charge in [-0.3, -0.25) is 9.59 Å².